The molecule has 6 heteroatoms. The number of nitro benzene ring substituents is 1. The van der Waals surface area contributed by atoms with Crippen molar-refractivity contribution in [3.8, 4) is 0 Å². The van der Waals surface area contributed by atoms with E-state index in [2.05, 4.69) is 5.32 Å². The van der Waals surface area contributed by atoms with Gasteiger partial charge in [-0.1, -0.05) is 0 Å². The van der Waals surface area contributed by atoms with Crippen molar-refractivity contribution >= 4 is 11.4 Å². The van der Waals surface area contributed by atoms with Crippen molar-refractivity contribution in [1.82, 2.24) is 0 Å². The van der Waals surface area contributed by atoms with E-state index in [0.29, 0.717) is 5.76 Å². The molecule has 1 atom stereocenters. The summed E-state index contributed by atoms with van der Waals surface area (Å²) in [7, 11) is 0. The molecule has 0 spiro atoms. The first-order valence-electron chi connectivity index (χ1n) is 5.74. The van der Waals surface area contributed by atoms with E-state index in [-0.39, 0.29) is 17.4 Å². The highest BCUT2D eigenvalue weighted by Gasteiger charge is 2.15. The number of nitro groups is 1. The van der Waals surface area contributed by atoms with Crippen molar-refractivity contribution in [3.05, 3.63) is 57.8 Å². The van der Waals surface area contributed by atoms with Gasteiger partial charge >= 0.3 is 0 Å². The Bertz CT molecular complexity index is 610. The molecule has 0 bridgehead atoms. The second-order valence-electron chi connectivity index (χ2n) is 4.24. The number of hydrogen-bond acceptors (Lipinski definition) is 4. The van der Waals surface area contributed by atoms with Crippen LogP contribution in [0.4, 0.5) is 15.8 Å². The lowest BCUT2D eigenvalue weighted by atomic mass is 10.2. The Morgan fingerprint density at radius 2 is 2.11 bits per heavy atom. The summed E-state index contributed by atoms with van der Waals surface area (Å²) >= 11 is 0. The van der Waals surface area contributed by atoms with Gasteiger partial charge in [0.15, 0.2) is 0 Å². The number of benzene rings is 1. The Morgan fingerprint density at radius 3 is 2.68 bits per heavy atom. The van der Waals surface area contributed by atoms with Crippen LogP contribution < -0.4 is 5.32 Å². The number of halogens is 1. The molecule has 2 rings (SSSR count). The van der Waals surface area contributed by atoms with Crippen molar-refractivity contribution in [1.29, 1.82) is 0 Å². The topological polar surface area (TPSA) is 68.3 Å². The molecule has 100 valence electrons. The van der Waals surface area contributed by atoms with Crippen molar-refractivity contribution in [2.45, 2.75) is 19.9 Å². The lowest BCUT2D eigenvalue weighted by Crippen LogP contribution is -2.07. The van der Waals surface area contributed by atoms with E-state index >= 15 is 0 Å². The van der Waals surface area contributed by atoms with Crippen molar-refractivity contribution < 1.29 is 13.7 Å². The summed E-state index contributed by atoms with van der Waals surface area (Å²) in [5, 5.41) is 13.5. The number of nitrogens with zero attached hydrogens (tertiary/aromatic N) is 1. The van der Waals surface area contributed by atoms with E-state index in [1.165, 1.54) is 6.07 Å². The van der Waals surface area contributed by atoms with E-state index in [0.717, 1.165) is 17.9 Å². The second-order valence-corrected chi connectivity index (χ2v) is 4.24. The van der Waals surface area contributed by atoms with Gasteiger partial charge in [-0.2, -0.15) is 0 Å². The van der Waals surface area contributed by atoms with Crippen LogP contribution >= 0.6 is 0 Å². The van der Waals surface area contributed by atoms with E-state index < -0.39 is 10.7 Å². The Kier molecular flexibility index (Phi) is 3.50. The molecule has 1 N–H and O–H groups in total. The number of furan rings is 1. The third-order valence-electron chi connectivity index (χ3n) is 2.72. The fourth-order valence-corrected chi connectivity index (χ4v) is 1.73. The Morgan fingerprint density at radius 1 is 1.37 bits per heavy atom. The number of anilines is 1. The van der Waals surface area contributed by atoms with Crippen LogP contribution in [0.2, 0.25) is 0 Å². The van der Waals surface area contributed by atoms with Crippen LogP contribution in [-0.4, -0.2) is 4.92 Å². The number of nitrogens with one attached hydrogen (secondary N) is 1. The highest BCUT2D eigenvalue weighted by Crippen LogP contribution is 2.26. The zero-order valence-corrected chi connectivity index (χ0v) is 10.5. The monoisotopic (exact) mass is 264 g/mol. The minimum absolute atomic E-state index is 0.0794. The zero-order valence-electron chi connectivity index (χ0n) is 10.5. The van der Waals surface area contributed by atoms with Gasteiger partial charge in [-0.3, -0.25) is 10.1 Å². The molecular weight excluding hydrogens is 251 g/mol. The highest BCUT2D eigenvalue weighted by molar-refractivity contribution is 5.53. The second kappa shape index (κ2) is 5.09. The maximum Gasteiger partial charge on any atom is 0.271 e. The van der Waals surface area contributed by atoms with Gasteiger partial charge < -0.3 is 9.73 Å². The van der Waals surface area contributed by atoms with Crippen molar-refractivity contribution in [3.63, 3.8) is 0 Å². The molecule has 5 nitrogen and oxygen atoms in total. The van der Waals surface area contributed by atoms with Crippen LogP contribution in [0.15, 0.2) is 34.7 Å². The third-order valence-corrected chi connectivity index (χ3v) is 2.72. The van der Waals surface area contributed by atoms with Crippen molar-refractivity contribution in [2.75, 3.05) is 5.32 Å². The fourth-order valence-electron chi connectivity index (χ4n) is 1.73. The summed E-state index contributed by atoms with van der Waals surface area (Å²) < 4.78 is 19.0. The molecule has 0 saturated carbocycles. The predicted molar refractivity (Wildman–Crippen MR) is 68.5 cm³/mol. The van der Waals surface area contributed by atoms with Crippen LogP contribution in [-0.2, 0) is 0 Å². The first-order valence-corrected chi connectivity index (χ1v) is 5.74. The van der Waals surface area contributed by atoms with Crippen LogP contribution in [0.25, 0.3) is 0 Å². The number of rotatable bonds is 4. The van der Waals surface area contributed by atoms with Crippen LogP contribution in [0.3, 0.4) is 0 Å². The molecule has 19 heavy (non-hydrogen) atoms. The van der Waals surface area contributed by atoms with Gasteiger partial charge in [-0.05, 0) is 32.0 Å². The minimum Gasteiger partial charge on any atom is -0.464 e. The summed E-state index contributed by atoms with van der Waals surface area (Å²) in [4.78, 5) is 10.1. The third kappa shape index (κ3) is 2.90. The van der Waals surface area contributed by atoms with Crippen LogP contribution in [0.1, 0.15) is 24.5 Å². The van der Waals surface area contributed by atoms with Gasteiger partial charge in [0.2, 0.25) is 0 Å². The van der Waals surface area contributed by atoms with E-state index in [1.807, 2.05) is 6.92 Å². The first kappa shape index (κ1) is 13.1. The summed E-state index contributed by atoms with van der Waals surface area (Å²) in [5.41, 5.74) is -0.0810. The van der Waals surface area contributed by atoms with Crippen molar-refractivity contribution in [2.24, 2.45) is 0 Å². The lowest BCUT2D eigenvalue weighted by Gasteiger charge is -2.13. The molecule has 2 aromatic rings. The molecule has 0 amide bonds. The molecule has 0 fully saturated rings. The first-order chi connectivity index (χ1) is 8.97. The number of aryl methyl sites for hydroxylation is 1. The molecule has 0 radical (unpaired) electrons. The van der Waals surface area contributed by atoms with E-state index in [4.69, 9.17) is 4.42 Å². The highest BCUT2D eigenvalue weighted by atomic mass is 19.1. The minimum atomic E-state index is -0.563. The van der Waals surface area contributed by atoms with Gasteiger partial charge in [0.05, 0.1) is 16.7 Å². The smallest absolute Gasteiger partial charge is 0.271 e. The van der Waals surface area contributed by atoms with Crippen LogP contribution in [0, 0.1) is 22.9 Å². The maximum atomic E-state index is 13.6. The Balaban J connectivity index is 2.22. The van der Waals surface area contributed by atoms with E-state index in [9.17, 15) is 14.5 Å². The quantitative estimate of drug-likeness (QED) is 0.673. The molecule has 1 unspecified atom stereocenters. The molecule has 1 heterocycles. The predicted octanol–water partition coefficient (Wildman–Crippen LogP) is 3.81. The summed E-state index contributed by atoms with van der Waals surface area (Å²) in [6.07, 6.45) is 0. The molecule has 1 aromatic heterocycles. The Hall–Kier alpha value is -2.37. The summed E-state index contributed by atoms with van der Waals surface area (Å²) in [5.74, 6) is 0.854. The molecular formula is C13H13FN2O3. The average Bonchev–Trinajstić information content (AvgIpc) is 2.78. The Labute approximate surface area is 109 Å². The average molecular weight is 264 g/mol. The van der Waals surface area contributed by atoms with E-state index in [1.54, 1.807) is 19.1 Å². The molecule has 0 aliphatic heterocycles. The lowest BCUT2D eigenvalue weighted by molar-refractivity contribution is -0.384. The van der Waals surface area contributed by atoms with Gasteiger partial charge in [0, 0.05) is 12.1 Å². The van der Waals surface area contributed by atoms with Gasteiger partial charge in [0.1, 0.15) is 17.3 Å². The molecule has 0 aliphatic carbocycles. The fraction of sp³-hybridized carbons (Fsp3) is 0.231. The van der Waals surface area contributed by atoms with Gasteiger partial charge in [-0.15, -0.1) is 0 Å². The summed E-state index contributed by atoms with van der Waals surface area (Å²) in [6.45, 7) is 3.60. The normalized spacial score (nSPS) is 12.2. The molecule has 0 aliphatic rings. The molecule has 1 aromatic carbocycles. The van der Waals surface area contributed by atoms with Crippen LogP contribution in [0.5, 0.6) is 0 Å². The standard InChI is InChI=1S/C13H13FN2O3/c1-8-3-6-13(19-8)9(2)15-12-7-10(16(17)18)4-5-11(12)14/h3-7,9,15H,1-2H3. The molecule has 0 saturated heterocycles. The SMILES string of the molecule is Cc1ccc(C(C)Nc2cc([N+](=O)[O-])ccc2F)o1. The van der Waals surface area contributed by atoms with Gasteiger partial charge in [-0.25, -0.2) is 4.39 Å². The number of hydrogen-bond donors (Lipinski definition) is 1. The number of non-ortho nitro benzene ring substituents is 1. The largest absolute Gasteiger partial charge is 0.464 e. The zero-order chi connectivity index (χ0) is 14.0. The summed E-state index contributed by atoms with van der Waals surface area (Å²) in [6, 6.07) is 6.66. The van der Waals surface area contributed by atoms with Gasteiger partial charge in [0.25, 0.3) is 5.69 Å². The maximum absolute atomic E-state index is 13.6.